The highest BCUT2D eigenvalue weighted by Gasteiger charge is 2.32. The molecular formula is C21H34F3N5O. The van der Waals surface area contributed by atoms with Crippen molar-refractivity contribution in [3.05, 3.63) is 24.2 Å². The molecule has 0 bridgehead atoms. The van der Waals surface area contributed by atoms with Gasteiger partial charge in [0.25, 0.3) is 0 Å². The Balaban J connectivity index is 1.38. The number of hydrogen-bond acceptors (Lipinski definition) is 4. The van der Waals surface area contributed by atoms with E-state index < -0.39 is 12.7 Å². The number of hydrogen-bond donors (Lipinski definition) is 2. The molecule has 2 N–H and O–H groups in total. The molecule has 2 aliphatic heterocycles. The molecular weight excluding hydrogens is 395 g/mol. The Hall–Kier alpha value is -1.74. The summed E-state index contributed by atoms with van der Waals surface area (Å²) >= 11 is 0. The molecule has 3 rings (SSSR count). The van der Waals surface area contributed by atoms with Crippen molar-refractivity contribution < 1.29 is 17.6 Å². The molecule has 0 aromatic carbocycles. The van der Waals surface area contributed by atoms with Crippen LogP contribution in [0.4, 0.5) is 13.2 Å². The van der Waals surface area contributed by atoms with E-state index in [0.717, 1.165) is 50.6 Å². The summed E-state index contributed by atoms with van der Waals surface area (Å²) in [5.74, 6) is 2.17. The molecule has 3 heterocycles. The minimum atomic E-state index is -4.10. The second kappa shape index (κ2) is 11.0. The van der Waals surface area contributed by atoms with Gasteiger partial charge in [-0.1, -0.05) is 0 Å². The predicted molar refractivity (Wildman–Crippen MR) is 111 cm³/mol. The van der Waals surface area contributed by atoms with Gasteiger partial charge in [0.1, 0.15) is 5.76 Å². The maximum absolute atomic E-state index is 12.5. The lowest BCUT2D eigenvalue weighted by Crippen LogP contribution is -2.43. The highest BCUT2D eigenvalue weighted by atomic mass is 19.4. The summed E-state index contributed by atoms with van der Waals surface area (Å²) in [6.45, 7) is 3.89. The van der Waals surface area contributed by atoms with Gasteiger partial charge in [-0.05, 0) is 76.3 Å². The Morgan fingerprint density at radius 3 is 2.53 bits per heavy atom. The van der Waals surface area contributed by atoms with Crippen molar-refractivity contribution in [3.8, 4) is 0 Å². The highest BCUT2D eigenvalue weighted by Crippen LogP contribution is 2.25. The third-order valence-corrected chi connectivity index (χ3v) is 6.09. The molecule has 2 saturated heterocycles. The van der Waals surface area contributed by atoms with Crippen molar-refractivity contribution >= 4 is 5.96 Å². The third-order valence-electron chi connectivity index (χ3n) is 6.09. The third kappa shape index (κ3) is 7.19. The van der Waals surface area contributed by atoms with Crippen LogP contribution in [0.3, 0.4) is 0 Å². The number of halogens is 3. The first-order valence-electron chi connectivity index (χ1n) is 11.0. The first-order chi connectivity index (χ1) is 14.4. The van der Waals surface area contributed by atoms with Gasteiger partial charge in [-0.2, -0.15) is 13.2 Å². The second-order valence-electron chi connectivity index (χ2n) is 8.28. The summed E-state index contributed by atoms with van der Waals surface area (Å²) in [5, 5.41) is 6.76. The van der Waals surface area contributed by atoms with E-state index in [-0.39, 0.29) is 6.04 Å². The van der Waals surface area contributed by atoms with Crippen LogP contribution in [0.5, 0.6) is 0 Å². The Morgan fingerprint density at radius 1 is 1.20 bits per heavy atom. The Bertz CT molecular complexity index is 636. The van der Waals surface area contributed by atoms with Crippen molar-refractivity contribution in [1.82, 2.24) is 20.4 Å². The average Bonchev–Trinajstić information content (AvgIpc) is 3.42. The maximum Gasteiger partial charge on any atom is 0.401 e. The lowest BCUT2D eigenvalue weighted by Gasteiger charge is -2.32. The number of nitrogens with one attached hydrogen (secondary N) is 2. The normalized spacial score (nSPS) is 21.1. The van der Waals surface area contributed by atoms with Crippen molar-refractivity contribution in [3.63, 3.8) is 0 Å². The Kier molecular flexibility index (Phi) is 8.44. The maximum atomic E-state index is 12.5. The van der Waals surface area contributed by atoms with Crippen LogP contribution < -0.4 is 10.6 Å². The summed E-state index contributed by atoms with van der Waals surface area (Å²) < 4.78 is 43.2. The van der Waals surface area contributed by atoms with Gasteiger partial charge >= 0.3 is 6.18 Å². The molecule has 170 valence electrons. The molecule has 1 aromatic rings. The zero-order chi connectivity index (χ0) is 21.4. The van der Waals surface area contributed by atoms with E-state index >= 15 is 0 Å². The number of nitrogens with zero attached hydrogens (tertiary/aromatic N) is 3. The minimum absolute atomic E-state index is 0.180. The van der Waals surface area contributed by atoms with E-state index in [0.29, 0.717) is 25.6 Å². The van der Waals surface area contributed by atoms with E-state index in [4.69, 9.17) is 4.42 Å². The largest absolute Gasteiger partial charge is 0.468 e. The summed E-state index contributed by atoms with van der Waals surface area (Å²) in [5.41, 5.74) is 0. The Labute approximate surface area is 176 Å². The molecule has 0 saturated carbocycles. The molecule has 1 atom stereocenters. The van der Waals surface area contributed by atoms with Crippen molar-refractivity contribution in [1.29, 1.82) is 0 Å². The SMILES string of the molecule is CN=C(NCCC1CCN(CC(F)(F)F)CC1)NCC(c1ccco1)N1CCCC1. The summed E-state index contributed by atoms with van der Waals surface area (Å²) in [4.78, 5) is 8.26. The molecule has 0 radical (unpaired) electrons. The topological polar surface area (TPSA) is 56.0 Å². The van der Waals surface area contributed by atoms with Gasteiger partial charge in [0, 0.05) is 20.1 Å². The second-order valence-corrected chi connectivity index (χ2v) is 8.28. The lowest BCUT2D eigenvalue weighted by molar-refractivity contribution is -0.148. The van der Waals surface area contributed by atoms with Crippen molar-refractivity contribution in [2.45, 2.75) is 44.3 Å². The first kappa shape index (κ1) is 22.9. The van der Waals surface area contributed by atoms with Crippen LogP contribution in [0.2, 0.25) is 0 Å². The fourth-order valence-corrected chi connectivity index (χ4v) is 4.44. The zero-order valence-corrected chi connectivity index (χ0v) is 17.8. The van der Waals surface area contributed by atoms with Crippen LogP contribution in [0.1, 0.15) is 43.9 Å². The van der Waals surface area contributed by atoms with Gasteiger partial charge in [0.15, 0.2) is 5.96 Å². The number of aliphatic imine (C=N–C) groups is 1. The van der Waals surface area contributed by atoms with Gasteiger partial charge in [0.2, 0.25) is 0 Å². The van der Waals surface area contributed by atoms with Gasteiger partial charge in [0.05, 0.1) is 18.8 Å². The smallest absolute Gasteiger partial charge is 0.401 e. The predicted octanol–water partition coefficient (Wildman–Crippen LogP) is 3.25. The summed E-state index contributed by atoms with van der Waals surface area (Å²) in [6, 6.07) is 4.12. The van der Waals surface area contributed by atoms with Crippen LogP contribution in [-0.4, -0.2) is 74.8 Å². The van der Waals surface area contributed by atoms with E-state index in [1.807, 2.05) is 12.1 Å². The number of rotatable bonds is 8. The van der Waals surface area contributed by atoms with Crippen molar-refractivity contribution in [2.75, 3.05) is 52.9 Å². The van der Waals surface area contributed by atoms with Gasteiger partial charge in [-0.15, -0.1) is 0 Å². The van der Waals surface area contributed by atoms with Crippen LogP contribution in [0.15, 0.2) is 27.8 Å². The highest BCUT2D eigenvalue weighted by molar-refractivity contribution is 5.79. The minimum Gasteiger partial charge on any atom is -0.468 e. The van der Waals surface area contributed by atoms with E-state index in [1.165, 1.54) is 17.7 Å². The number of piperidine rings is 1. The number of alkyl halides is 3. The van der Waals surface area contributed by atoms with Crippen LogP contribution >= 0.6 is 0 Å². The molecule has 6 nitrogen and oxygen atoms in total. The molecule has 2 aliphatic rings. The molecule has 0 amide bonds. The van der Waals surface area contributed by atoms with Gasteiger partial charge in [-0.3, -0.25) is 14.8 Å². The summed E-state index contributed by atoms with van der Waals surface area (Å²) in [7, 11) is 1.75. The molecule has 0 spiro atoms. The molecule has 1 aromatic heterocycles. The average molecular weight is 430 g/mol. The molecule has 1 unspecified atom stereocenters. The van der Waals surface area contributed by atoms with E-state index in [9.17, 15) is 13.2 Å². The van der Waals surface area contributed by atoms with Gasteiger partial charge < -0.3 is 15.1 Å². The fourth-order valence-electron chi connectivity index (χ4n) is 4.44. The number of guanidine groups is 1. The van der Waals surface area contributed by atoms with Crippen LogP contribution in [0, 0.1) is 5.92 Å². The summed E-state index contributed by atoms with van der Waals surface area (Å²) in [6.07, 6.45) is 2.62. The monoisotopic (exact) mass is 429 g/mol. The van der Waals surface area contributed by atoms with Gasteiger partial charge in [-0.25, -0.2) is 0 Å². The quantitative estimate of drug-likeness (QED) is 0.491. The molecule has 9 heteroatoms. The van der Waals surface area contributed by atoms with Crippen LogP contribution in [-0.2, 0) is 0 Å². The molecule has 2 fully saturated rings. The van der Waals surface area contributed by atoms with E-state index in [1.54, 1.807) is 13.3 Å². The molecule has 0 aliphatic carbocycles. The van der Waals surface area contributed by atoms with Crippen molar-refractivity contribution in [2.24, 2.45) is 10.9 Å². The lowest BCUT2D eigenvalue weighted by atomic mass is 9.93. The first-order valence-corrected chi connectivity index (χ1v) is 11.0. The Morgan fingerprint density at radius 2 is 1.93 bits per heavy atom. The van der Waals surface area contributed by atoms with E-state index in [2.05, 4.69) is 20.5 Å². The van der Waals surface area contributed by atoms with Crippen LogP contribution in [0.25, 0.3) is 0 Å². The number of likely N-dealkylation sites (tertiary alicyclic amines) is 2. The fraction of sp³-hybridized carbons (Fsp3) is 0.762. The standard InChI is InChI=1S/C21H34F3N5O/c1-25-20(26-9-6-17-7-12-28(13-8-17)16-21(22,23)24)27-15-18(19-5-4-14-30-19)29-10-2-3-11-29/h4-5,14,17-18H,2-3,6-13,15-16H2,1H3,(H2,25,26,27). The zero-order valence-electron chi connectivity index (χ0n) is 17.8. The number of furan rings is 1. The molecule has 30 heavy (non-hydrogen) atoms.